The van der Waals surface area contributed by atoms with E-state index < -0.39 is 23.5 Å². The van der Waals surface area contributed by atoms with Gasteiger partial charge in [-0.1, -0.05) is 24.3 Å². The molecule has 0 radical (unpaired) electrons. The molecule has 0 saturated heterocycles. The van der Waals surface area contributed by atoms with Gasteiger partial charge in [-0.05, 0) is 48.5 Å². The van der Waals surface area contributed by atoms with Crippen LogP contribution in [-0.4, -0.2) is 42.4 Å². The molecule has 2 N–H and O–H groups in total. The van der Waals surface area contributed by atoms with E-state index in [0.717, 1.165) is 71.5 Å². The van der Waals surface area contributed by atoms with Gasteiger partial charge >= 0.3 is 47.2 Å². The van der Waals surface area contributed by atoms with Crippen LogP contribution in [-0.2, 0) is 36.6 Å². The van der Waals surface area contributed by atoms with Gasteiger partial charge in [0.15, 0.2) is 0 Å². The van der Waals surface area contributed by atoms with Crippen molar-refractivity contribution in [2.75, 3.05) is 28.4 Å². The molecule has 0 amide bonds. The molecule has 6 nitrogen and oxygen atoms in total. The van der Waals surface area contributed by atoms with Gasteiger partial charge in [-0.3, -0.25) is 0 Å². The van der Waals surface area contributed by atoms with Gasteiger partial charge in [-0.15, -0.1) is 33.7 Å². The quantitative estimate of drug-likeness (QED) is 0.137. The van der Waals surface area contributed by atoms with Gasteiger partial charge in [0.1, 0.15) is 34.5 Å². The monoisotopic (exact) mass is 792 g/mol. The minimum Gasteiger partial charge on any atom is -0.508 e. The molecular weight excluding hydrogens is 758 g/mol. The third-order valence-electron chi connectivity index (χ3n) is 6.67. The minimum atomic E-state index is -4.33. The maximum atomic E-state index is 11.8. The molecule has 270 valence electrons. The van der Waals surface area contributed by atoms with E-state index in [2.05, 4.69) is 28.0 Å². The van der Waals surface area contributed by atoms with Crippen LogP contribution in [0.4, 0.5) is 26.3 Å². The second-order valence-corrected chi connectivity index (χ2v) is 11.5. The van der Waals surface area contributed by atoms with Gasteiger partial charge in [-0.2, -0.15) is 50.6 Å². The number of hydrogen-bond acceptors (Lipinski definition) is 6. The molecule has 0 aromatic heterocycles. The first-order valence-corrected chi connectivity index (χ1v) is 16.3. The van der Waals surface area contributed by atoms with Gasteiger partial charge < -0.3 is 29.2 Å². The zero-order valence-electron chi connectivity index (χ0n) is 28.3. The van der Waals surface area contributed by atoms with Crippen LogP contribution in [0.1, 0.15) is 18.1 Å². The fourth-order valence-corrected chi connectivity index (χ4v) is 4.21. The number of phenolic OH excluding ortho intramolecular Hbond substituents is 2. The van der Waals surface area contributed by atoms with Crippen molar-refractivity contribution >= 4 is 25.3 Å². The standard InChI is InChI=1S/2C11H11O2.2C7H5F3O.C2H4.Zr/c2*1-12-10-6-8-4-3-5-9(8)7-11(10)13-2;2*8-7(9,10)5-1-3-6(11)4-2-5;1-2;/h2*3-7H,1-2H3;2*1-4,11H;1H,2H3;/q2*-1;;;;+2. The molecule has 0 aliphatic heterocycles. The summed E-state index contributed by atoms with van der Waals surface area (Å²) >= 11 is 1.51. The predicted molar refractivity (Wildman–Crippen MR) is 183 cm³/mol. The van der Waals surface area contributed by atoms with Crippen LogP contribution in [0.15, 0.2) is 109 Å². The SMILES string of the molecule is COc1cc2cc[cH-]c2cc1OC.COc1cc2cc[cH-]c2cc1OC.C[CH]=[Zr+2].Oc1ccc(C(F)(F)F)cc1.Oc1ccc(C(F)(F)F)cc1. The van der Waals surface area contributed by atoms with Crippen LogP contribution >= 0.6 is 0 Å². The number of aromatic hydroxyl groups is 2. The first-order chi connectivity index (χ1) is 24.1. The van der Waals surface area contributed by atoms with Crippen LogP contribution < -0.4 is 18.9 Å². The summed E-state index contributed by atoms with van der Waals surface area (Å²) in [4.78, 5) is 0. The zero-order valence-corrected chi connectivity index (χ0v) is 30.7. The number of methoxy groups -OCH3 is 4. The number of hydrogen-bond donors (Lipinski definition) is 2. The van der Waals surface area contributed by atoms with Crippen molar-refractivity contribution in [3.8, 4) is 34.5 Å². The number of alkyl halides is 6. The van der Waals surface area contributed by atoms with Crippen molar-refractivity contribution in [1.29, 1.82) is 0 Å². The topological polar surface area (TPSA) is 77.4 Å². The molecule has 0 bridgehead atoms. The van der Waals surface area contributed by atoms with Crippen LogP contribution in [0.3, 0.4) is 0 Å². The third kappa shape index (κ3) is 13.5. The molecule has 6 aromatic rings. The number of fused-ring (bicyclic) bond motifs is 2. The molecule has 0 unspecified atom stereocenters. The van der Waals surface area contributed by atoms with Gasteiger partial charge in [0.25, 0.3) is 0 Å². The average Bonchev–Trinajstić information content (AvgIpc) is 3.76. The van der Waals surface area contributed by atoms with Gasteiger partial charge in [0, 0.05) is 0 Å². The summed E-state index contributed by atoms with van der Waals surface area (Å²) in [5.41, 5.74) is -1.51. The number of benzene rings is 4. The van der Waals surface area contributed by atoms with E-state index in [1.54, 1.807) is 28.4 Å². The Bertz CT molecular complexity index is 1700. The molecule has 0 spiro atoms. The van der Waals surface area contributed by atoms with Crippen molar-refractivity contribution < 1.29 is 79.7 Å². The summed E-state index contributed by atoms with van der Waals surface area (Å²) < 4.78 is 93.9. The average molecular weight is 794 g/mol. The molecule has 6 rings (SSSR count). The minimum absolute atomic E-state index is 0.169. The van der Waals surface area contributed by atoms with E-state index >= 15 is 0 Å². The van der Waals surface area contributed by atoms with Crippen LogP contribution in [0, 0.1) is 0 Å². The largest absolute Gasteiger partial charge is 0.508 e. The number of ether oxygens (including phenoxy) is 4. The van der Waals surface area contributed by atoms with E-state index in [4.69, 9.17) is 29.2 Å². The number of phenols is 2. The number of rotatable bonds is 4. The Morgan fingerprint density at radius 3 is 1.06 bits per heavy atom. The Morgan fingerprint density at radius 1 is 0.529 bits per heavy atom. The first kappa shape index (κ1) is 42.4. The molecule has 0 fully saturated rings. The first-order valence-electron chi connectivity index (χ1n) is 14.8. The second kappa shape index (κ2) is 20.2. The maximum Gasteiger partial charge on any atom is 0.416 e. The number of halogens is 6. The molecule has 0 aliphatic rings. The van der Waals surface area contributed by atoms with E-state index in [-0.39, 0.29) is 11.5 Å². The summed E-state index contributed by atoms with van der Waals surface area (Å²) in [6.07, 6.45) is -8.65. The smallest absolute Gasteiger partial charge is 0.416 e. The summed E-state index contributed by atoms with van der Waals surface area (Å²) in [7, 11) is 6.58. The molecule has 0 saturated carbocycles. The van der Waals surface area contributed by atoms with Crippen molar-refractivity contribution in [2.45, 2.75) is 19.3 Å². The fraction of sp³-hybridized carbons (Fsp3) is 0.184. The van der Waals surface area contributed by atoms with Crippen LogP contribution in [0.5, 0.6) is 34.5 Å². The van der Waals surface area contributed by atoms with Crippen LogP contribution in [0.2, 0.25) is 0 Å². The molecule has 0 aliphatic carbocycles. The van der Waals surface area contributed by atoms with E-state index in [9.17, 15) is 26.3 Å². The maximum absolute atomic E-state index is 11.8. The van der Waals surface area contributed by atoms with Crippen molar-refractivity contribution in [3.05, 3.63) is 120 Å². The van der Waals surface area contributed by atoms with Crippen molar-refractivity contribution in [2.24, 2.45) is 0 Å². The summed E-state index contributed by atoms with van der Waals surface area (Å²) in [5.74, 6) is 2.78. The molecule has 51 heavy (non-hydrogen) atoms. The molecule has 13 heteroatoms. The van der Waals surface area contributed by atoms with Crippen molar-refractivity contribution in [1.82, 2.24) is 0 Å². The molecule has 0 atom stereocenters. The Labute approximate surface area is 306 Å². The Kier molecular flexibility index (Phi) is 16.8. The molecular formula is C38H36F6O6Zr. The Morgan fingerprint density at radius 2 is 0.804 bits per heavy atom. The van der Waals surface area contributed by atoms with Gasteiger partial charge in [0.05, 0.1) is 39.6 Å². The van der Waals surface area contributed by atoms with Crippen LogP contribution in [0.25, 0.3) is 21.5 Å². The Balaban J connectivity index is 0.000000230. The van der Waals surface area contributed by atoms with Gasteiger partial charge in [0.2, 0.25) is 0 Å². The summed E-state index contributed by atoms with van der Waals surface area (Å²) in [6.45, 7) is 2.04. The zero-order chi connectivity index (χ0) is 38.2. The fourth-order valence-electron chi connectivity index (χ4n) is 4.21. The molecule has 0 heterocycles. The second-order valence-electron chi connectivity index (χ2n) is 10.1. The van der Waals surface area contributed by atoms with E-state index in [1.165, 1.54) is 45.8 Å². The Hall–Kier alpha value is -4.77. The summed E-state index contributed by atoms with van der Waals surface area (Å²) in [6, 6.07) is 27.5. The van der Waals surface area contributed by atoms with Gasteiger partial charge in [-0.25, -0.2) is 0 Å². The third-order valence-corrected chi connectivity index (χ3v) is 6.67. The normalized spacial score (nSPS) is 10.5. The van der Waals surface area contributed by atoms with E-state index in [1.807, 2.05) is 43.3 Å². The van der Waals surface area contributed by atoms with Crippen molar-refractivity contribution in [3.63, 3.8) is 0 Å². The summed E-state index contributed by atoms with van der Waals surface area (Å²) in [5, 5.41) is 22.0. The van der Waals surface area contributed by atoms with E-state index in [0.29, 0.717) is 0 Å². The molecule has 6 aromatic carbocycles. The predicted octanol–water partition coefficient (Wildman–Crippen LogP) is 10.3.